The van der Waals surface area contributed by atoms with Crippen LogP contribution in [0.15, 0.2) is 0 Å². The lowest BCUT2D eigenvalue weighted by Crippen LogP contribution is -2.44. The van der Waals surface area contributed by atoms with Crippen LogP contribution in [0.1, 0.15) is 26.7 Å². The Balaban J connectivity index is 1.85. The monoisotopic (exact) mass is 360 g/mol. The van der Waals surface area contributed by atoms with Gasteiger partial charge in [0, 0.05) is 13.0 Å². The highest BCUT2D eigenvalue weighted by Gasteiger charge is 2.47. The molecule has 0 bridgehead atoms. The number of nitrogens with zero attached hydrogens (tertiary/aromatic N) is 1. The summed E-state index contributed by atoms with van der Waals surface area (Å²) in [4.78, 5) is 36.8. The predicted octanol–water partition coefficient (Wildman–Crippen LogP) is 1.73. The van der Waals surface area contributed by atoms with Gasteiger partial charge >= 0.3 is 6.09 Å². The van der Waals surface area contributed by atoms with Gasteiger partial charge in [-0.3, -0.25) is 4.79 Å². The minimum atomic E-state index is -0.593. The number of ether oxygens (including phenoxy) is 1. The summed E-state index contributed by atoms with van der Waals surface area (Å²) in [6.07, 6.45) is 2.11. The van der Waals surface area contributed by atoms with Gasteiger partial charge in [0.25, 0.3) is 0 Å². The maximum absolute atomic E-state index is 12.4. The van der Waals surface area contributed by atoms with E-state index in [2.05, 4.69) is 5.32 Å². The fraction of sp³-hybridized carbons (Fsp3) is 0.800. The van der Waals surface area contributed by atoms with Gasteiger partial charge in [-0.05, 0) is 23.8 Å². The number of carbonyl (C=O) groups excluding carboxylic acids is 3. The minimum Gasteiger partial charge on any atom is -0.449 e. The van der Waals surface area contributed by atoms with Crippen LogP contribution in [0.25, 0.3) is 0 Å². The molecule has 2 saturated heterocycles. The quantitative estimate of drug-likeness (QED) is 0.753. The third kappa shape index (κ3) is 5.04. The van der Waals surface area contributed by atoms with E-state index in [1.54, 1.807) is 4.90 Å². The number of nitrogens with one attached hydrogen (secondary N) is 1. The number of likely N-dealkylation sites (tertiary alicyclic amines) is 1. The summed E-state index contributed by atoms with van der Waals surface area (Å²) >= 11 is 3.69. The highest BCUT2D eigenvalue weighted by molar-refractivity contribution is 8.18. The van der Waals surface area contributed by atoms with E-state index in [1.807, 2.05) is 37.4 Å². The standard InChI is InChI=1S/C15H24N2O4S2/c1-11(2)9-21-14(20)16-7-13(19)17-10-15(6-12(17)8-18)22-4-3-5-23-15/h8,11-12H,3-7,9-10H2,1-2H3,(H,16,20)/t12-/m0/s1. The van der Waals surface area contributed by atoms with Crippen molar-refractivity contribution < 1.29 is 19.1 Å². The molecule has 0 aromatic rings. The molecule has 2 amide bonds. The topological polar surface area (TPSA) is 75.7 Å². The van der Waals surface area contributed by atoms with Crippen LogP contribution in [0, 0.1) is 5.92 Å². The summed E-state index contributed by atoms with van der Waals surface area (Å²) in [7, 11) is 0. The molecule has 1 spiro atoms. The Morgan fingerprint density at radius 3 is 2.70 bits per heavy atom. The minimum absolute atomic E-state index is 0.0579. The second kappa shape index (κ2) is 8.28. The smallest absolute Gasteiger partial charge is 0.407 e. The van der Waals surface area contributed by atoms with Crippen LogP contribution < -0.4 is 5.32 Å². The maximum atomic E-state index is 12.4. The van der Waals surface area contributed by atoms with Crippen LogP contribution in [-0.4, -0.2) is 64.5 Å². The zero-order valence-corrected chi connectivity index (χ0v) is 15.2. The largest absolute Gasteiger partial charge is 0.449 e. The highest BCUT2D eigenvalue weighted by atomic mass is 32.2. The summed E-state index contributed by atoms with van der Waals surface area (Å²) in [5, 5.41) is 2.47. The molecule has 2 heterocycles. The van der Waals surface area contributed by atoms with E-state index in [-0.39, 0.29) is 22.4 Å². The third-order valence-corrected chi connectivity index (χ3v) is 7.10. The average Bonchev–Trinajstić information content (AvgIpc) is 2.89. The molecule has 2 aliphatic heterocycles. The Morgan fingerprint density at radius 1 is 1.39 bits per heavy atom. The van der Waals surface area contributed by atoms with Crippen LogP contribution in [0.4, 0.5) is 4.79 Å². The van der Waals surface area contributed by atoms with Crippen LogP contribution >= 0.6 is 23.5 Å². The molecule has 0 radical (unpaired) electrons. The number of carbonyl (C=O) groups is 3. The van der Waals surface area contributed by atoms with Crippen molar-refractivity contribution in [1.82, 2.24) is 10.2 Å². The zero-order chi connectivity index (χ0) is 16.9. The molecule has 0 aromatic heterocycles. The summed E-state index contributed by atoms with van der Waals surface area (Å²) in [6, 6.07) is -0.394. The fourth-order valence-corrected chi connectivity index (χ4v) is 6.01. The highest BCUT2D eigenvalue weighted by Crippen LogP contribution is 2.49. The Morgan fingerprint density at radius 2 is 2.09 bits per heavy atom. The van der Waals surface area contributed by atoms with Gasteiger partial charge in [-0.25, -0.2) is 4.79 Å². The molecule has 2 fully saturated rings. The van der Waals surface area contributed by atoms with Gasteiger partial charge in [-0.2, -0.15) is 0 Å². The van der Waals surface area contributed by atoms with Gasteiger partial charge in [-0.1, -0.05) is 13.8 Å². The molecule has 130 valence electrons. The van der Waals surface area contributed by atoms with Gasteiger partial charge in [0.15, 0.2) is 0 Å². The Bertz CT molecular complexity index is 453. The Labute approximate surface area is 145 Å². The Kier molecular flexibility index (Phi) is 6.64. The Hall–Kier alpha value is -0.890. The lowest BCUT2D eigenvalue weighted by molar-refractivity contribution is -0.133. The van der Waals surface area contributed by atoms with Gasteiger partial charge < -0.3 is 19.7 Å². The van der Waals surface area contributed by atoms with Crippen molar-refractivity contribution in [3.05, 3.63) is 0 Å². The zero-order valence-electron chi connectivity index (χ0n) is 13.6. The number of rotatable bonds is 5. The van der Waals surface area contributed by atoms with E-state index < -0.39 is 12.1 Å². The lowest BCUT2D eigenvalue weighted by Gasteiger charge is -2.31. The van der Waals surface area contributed by atoms with E-state index in [0.29, 0.717) is 19.6 Å². The van der Waals surface area contributed by atoms with Crippen molar-refractivity contribution >= 4 is 41.8 Å². The second-order valence-electron chi connectivity index (χ2n) is 6.24. The van der Waals surface area contributed by atoms with Gasteiger partial charge in [-0.15, -0.1) is 23.5 Å². The molecule has 0 unspecified atom stereocenters. The summed E-state index contributed by atoms with van der Waals surface area (Å²) < 4.78 is 4.92. The van der Waals surface area contributed by atoms with E-state index in [9.17, 15) is 14.4 Å². The third-order valence-electron chi connectivity index (χ3n) is 3.76. The van der Waals surface area contributed by atoms with Crippen molar-refractivity contribution in [2.75, 3.05) is 31.2 Å². The summed E-state index contributed by atoms with van der Waals surface area (Å²) in [6.45, 7) is 4.63. The molecular formula is C15H24N2O4S2. The molecular weight excluding hydrogens is 336 g/mol. The lowest BCUT2D eigenvalue weighted by atomic mass is 10.2. The maximum Gasteiger partial charge on any atom is 0.407 e. The van der Waals surface area contributed by atoms with Crippen molar-refractivity contribution in [3.63, 3.8) is 0 Å². The van der Waals surface area contributed by atoms with Crippen LogP contribution in [0.2, 0.25) is 0 Å². The first kappa shape index (κ1) is 18.4. The van der Waals surface area contributed by atoms with Crippen LogP contribution in [0.3, 0.4) is 0 Å². The van der Waals surface area contributed by atoms with Crippen molar-refractivity contribution in [2.24, 2.45) is 5.92 Å². The predicted molar refractivity (Wildman–Crippen MR) is 92.6 cm³/mol. The molecule has 0 aliphatic carbocycles. The van der Waals surface area contributed by atoms with Gasteiger partial charge in [0.2, 0.25) is 5.91 Å². The number of hydrogen-bond acceptors (Lipinski definition) is 6. The number of thioether (sulfide) groups is 2. The SMILES string of the molecule is CC(C)COC(=O)NCC(=O)N1CC2(C[C@H]1C=O)SCCCS2. The molecule has 1 N–H and O–H groups in total. The first-order valence-electron chi connectivity index (χ1n) is 7.89. The molecule has 2 aliphatic rings. The molecule has 8 heteroatoms. The molecule has 0 saturated carbocycles. The van der Waals surface area contributed by atoms with Gasteiger partial charge in [0.05, 0.1) is 16.7 Å². The number of amides is 2. The van der Waals surface area contributed by atoms with E-state index in [0.717, 1.165) is 17.8 Å². The van der Waals surface area contributed by atoms with Crippen LogP contribution in [-0.2, 0) is 14.3 Å². The fourth-order valence-electron chi connectivity index (χ4n) is 2.63. The first-order valence-corrected chi connectivity index (χ1v) is 9.86. The first-order chi connectivity index (χ1) is 11.0. The average molecular weight is 361 g/mol. The van der Waals surface area contributed by atoms with Crippen molar-refractivity contribution in [1.29, 1.82) is 0 Å². The van der Waals surface area contributed by atoms with Crippen molar-refractivity contribution in [2.45, 2.75) is 36.8 Å². The molecule has 2 rings (SSSR count). The van der Waals surface area contributed by atoms with Crippen LogP contribution in [0.5, 0.6) is 0 Å². The summed E-state index contributed by atoms with van der Waals surface area (Å²) in [5.41, 5.74) is 0. The number of aldehydes is 1. The molecule has 23 heavy (non-hydrogen) atoms. The number of hydrogen-bond donors (Lipinski definition) is 1. The second-order valence-corrected chi connectivity index (χ2v) is 9.45. The molecule has 6 nitrogen and oxygen atoms in total. The number of alkyl carbamates (subject to hydrolysis) is 1. The van der Waals surface area contributed by atoms with Crippen molar-refractivity contribution in [3.8, 4) is 0 Å². The van der Waals surface area contributed by atoms with Gasteiger partial charge in [0.1, 0.15) is 12.8 Å². The molecule has 0 aromatic carbocycles. The molecule has 1 atom stereocenters. The summed E-state index contributed by atoms with van der Waals surface area (Å²) in [5.74, 6) is 2.16. The van der Waals surface area contributed by atoms with E-state index in [1.165, 1.54) is 6.42 Å². The van der Waals surface area contributed by atoms with E-state index >= 15 is 0 Å². The van der Waals surface area contributed by atoms with E-state index in [4.69, 9.17) is 4.74 Å². The normalized spacial score (nSPS) is 23.1.